The molecule has 2 aromatic carbocycles. The molecule has 136 valence electrons. The lowest BCUT2D eigenvalue weighted by molar-refractivity contribution is -0.104. The molecule has 0 aliphatic rings. The Labute approximate surface area is 151 Å². The van der Waals surface area contributed by atoms with Gasteiger partial charge in [-0.25, -0.2) is 0 Å². The van der Waals surface area contributed by atoms with Gasteiger partial charge in [0.05, 0.1) is 0 Å². The summed E-state index contributed by atoms with van der Waals surface area (Å²) in [4.78, 5) is 11.3. The summed E-state index contributed by atoms with van der Waals surface area (Å²) in [6.45, 7) is 14.0. The van der Waals surface area contributed by atoms with Gasteiger partial charge in [0.25, 0.3) is 0 Å². The van der Waals surface area contributed by atoms with E-state index >= 15 is 0 Å². The summed E-state index contributed by atoms with van der Waals surface area (Å²) in [7, 11) is 0. The smallest absolute Gasteiger partial charge is 0.143 e. The highest BCUT2D eigenvalue weighted by molar-refractivity contribution is 5.95. The van der Waals surface area contributed by atoms with Gasteiger partial charge in [0.15, 0.2) is 0 Å². The predicted molar refractivity (Wildman–Crippen MR) is 102 cm³/mol. The number of hydrogen-bond acceptors (Lipinski definition) is 5. The first-order valence-electron chi connectivity index (χ1n) is 7.96. The highest BCUT2D eigenvalue weighted by Crippen LogP contribution is 2.42. The molecule has 0 amide bonds. The Kier molecular flexibility index (Phi) is 4.85. The molecule has 0 saturated carbocycles. The van der Waals surface area contributed by atoms with Crippen LogP contribution in [0.3, 0.4) is 0 Å². The molecule has 0 radical (unpaired) electrons. The van der Waals surface area contributed by atoms with E-state index in [9.17, 15) is 25.2 Å². The number of rotatable bonds is 3. The third-order valence-electron chi connectivity index (χ3n) is 4.93. The van der Waals surface area contributed by atoms with E-state index in [1.54, 1.807) is 27.7 Å². The Bertz CT molecular complexity index is 1030. The summed E-state index contributed by atoms with van der Waals surface area (Å²) in [6.07, 6.45) is 1.65. The zero-order chi connectivity index (χ0) is 19.9. The van der Waals surface area contributed by atoms with Gasteiger partial charge in [-0.2, -0.15) is 0 Å². The van der Waals surface area contributed by atoms with Crippen molar-refractivity contribution in [1.82, 2.24) is 0 Å². The molecular formula is C21H22O5. The lowest BCUT2D eigenvalue weighted by Crippen LogP contribution is -2.19. The Morgan fingerprint density at radius 1 is 0.692 bits per heavy atom. The van der Waals surface area contributed by atoms with E-state index in [4.69, 9.17) is 0 Å². The van der Waals surface area contributed by atoms with Crippen LogP contribution in [0.5, 0.6) is 23.0 Å². The normalized spacial score (nSPS) is 11.6. The number of allylic oxidation sites excluding steroid dienone is 1. The first-order chi connectivity index (χ1) is 12.1. The van der Waals surface area contributed by atoms with E-state index in [2.05, 4.69) is 13.2 Å². The molecule has 5 nitrogen and oxygen atoms in total. The number of phenols is 4. The quantitative estimate of drug-likeness (QED) is 0.385. The minimum Gasteiger partial charge on any atom is -0.507 e. The molecule has 26 heavy (non-hydrogen) atoms. The predicted octanol–water partition coefficient (Wildman–Crippen LogP) is 2.19. The van der Waals surface area contributed by atoms with E-state index in [0.29, 0.717) is 28.5 Å². The number of hydrogen-bond donors (Lipinski definition) is 4. The van der Waals surface area contributed by atoms with Gasteiger partial charge >= 0.3 is 0 Å². The molecular weight excluding hydrogens is 332 g/mol. The van der Waals surface area contributed by atoms with Crippen LogP contribution < -0.4 is 10.4 Å². The number of phenolic OH excluding ortho intramolecular Hbond substituents is 4. The first-order valence-corrected chi connectivity index (χ1v) is 7.96. The summed E-state index contributed by atoms with van der Waals surface area (Å²) in [5, 5.41) is 42.2. The second kappa shape index (κ2) is 6.59. The third kappa shape index (κ3) is 2.62. The highest BCUT2D eigenvalue weighted by Gasteiger charge is 2.24. The molecule has 0 atom stereocenters. The van der Waals surface area contributed by atoms with Crippen LogP contribution in [0.25, 0.3) is 18.7 Å². The molecule has 2 rings (SSSR count). The standard InChI is InChI=1S/C21H22O5/c1-9-11(3)20(25)16(13(5)18(9)23)15(7-8-22)17-14(6)19(24)10(2)12(4)21(17)26/h7-8,23-26H,3,5H2,1-2,4,6H3. The molecule has 0 unspecified atom stereocenters. The zero-order valence-corrected chi connectivity index (χ0v) is 15.3. The number of carbonyl (C=O) groups is 1. The molecule has 4 N–H and O–H groups in total. The van der Waals surface area contributed by atoms with Crippen molar-refractivity contribution in [3.8, 4) is 23.0 Å². The molecule has 0 aliphatic carbocycles. The summed E-state index contributed by atoms with van der Waals surface area (Å²) >= 11 is 0. The topological polar surface area (TPSA) is 98.0 Å². The average Bonchev–Trinajstić information content (AvgIpc) is 2.61. The van der Waals surface area contributed by atoms with Crippen molar-refractivity contribution in [2.75, 3.05) is 0 Å². The lowest BCUT2D eigenvalue weighted by Gasteiger charge is -2.20. The van der Waals surface area contributed by atoms with Crippen molar-refractivity contribution in [2.45, 2.75) is 27.7 Å². The van der Waals surface area contributed by atoms with E-state index < -0.39 is 0 Å². The van der Waals surface area contributed by atoms with Crippen LogP contribution in [0.1, 0.15) is 33.4 Å². The number of aromatic hydroxyl groups is 4. The molecule has 0 spiro atoms. The maximum Gasteiger partial charge on any atom is 0.143 e. The maximum absolute atomic E-state index is 11.3. The minimum absolute atomic E-state index is 0.0246. The molecule has 0 fully saturated rings. The third-order valence-corrected chi connectivity index (χ3v) is 4.93. The largest absolute Gasteiger partial charge is 0.507 e. The average molecular weight is 354 g/mol. The van der Waals surface area contributed by atoms with Gasteiger partial charge in [-0.15, -0.1) is 0 Å². The lowest BCUT2D eigenvalue weighted by atomic mass is 9.87. The summed E-state index contributed by atoms with van der Waals surface area (Å²) in [5.74, 6) is -0.571. The van der Waals surface area contributed by atoms with Crippen molar-refractivity contribution in [3.05, 3.63) is 49.9 Å². The van der Waals surface area contributed by atoms with Crippen LogP contribution in [0.15, 0.2) is 6.08 Å². The zero-order valence-electron chi connectivity index (χ0n) is 15.3. The van der Waals surface area contributed by atoms with E-state index in [0.717, 1.165) is 6.08 Å². The highest BCUT2D eigenvalue weighted by atomic mass is 16.3. The SMILES string of the molecule is C=c1c(C)c(O)c(=C)c(C(=CC=O)c2c(C)c(O)c(C)c(C)c2O)c1O. The monoisotopic (exact) mass is 354 g/mol. The number of benzene rings is 2. The Morgan fingerprint density at radius 3 is 1.77 bits per heavy atom. The summed E-state index contributed by atoms with van der Waals surface area (Å²) in [5.41, 5.74) is 2.05. The van der Waals surface area contributed by atoms with Crippen molar-refractivity contribution in [1.29, 1.82) is 0 Å². The van der Waals surface area contributed by atoms with Gasteiger partial charge in [0, 0.05) is 38.3 Å². The second-order valence-electron chi connectivity index (χ2n) is 6.32. The van der Waals surface area contributed by atoms with Gasteiger partial charge in [0.1, 0.15) is 29.3 Å². The molecule has 5 heteroatoms. The van der Waals surface area contributed by atoms with Crippen LogP contribution in [0.2, 0.25) is 0 Å². The van der Waals surface area contributed by atoms with Crippen LogP contribution in [-0.2, 0) is 4.79 Å². The van der Waals surface area contributed by atoms with Gasteiger partial charge in [0.2, 0.25) is 0 Å². The fourth-order valence-corrected chi connectivity index (χ4v) is 3.06. The van der Waals surface area contributed by atoms with Crippen LogP contribution in [-0.4, -0.2) is 26.7 Å². The number of aldehydes is 1. The number of carbonyl (C=O) groups excluding carboxylic acids is 1. The van der Waals surface area contributed by atoms with Crippen LogP contribution in [0, 0.1) is 27.7 Å². The molecule has 0 aromatic heterocycles. The van der Waals surface area contributed by atoms with Crippen LogP contribution in [0.4, 0.5) is 0 Å². The van der Waals surface area contributed by atoms with E-state index in [-0.39, 0.29) is 50.1 Å². The first kappa shape index (κ1) is 19.1. The van der Waals surface area contributed by atoms with Crippen molar-refractivity contribution < 1.29 is 25.2 Å². The van der Waals surface area contributed by atoms with Gasteiger partial charge in [-0.3, -0.25) is 4.79 Å². The van der Waals surface area contributed by atoms with Crippen molar-refractivity contribution in [2.24, 2.45) is 0 Å². The molecule has 2 aromatic rings. The Balaban J connectivity index is 3.07. The van der Waals surface area contributed by atoms with Crippen molar-refractivity contribution in [3.63, 3.8) is 0 Å². The van der Waals surface area contributed by atoms with Gasteiger partial charge in [-0.1, -0.05) is 13.2 Å². The summed E-state index contributed by atoms with van der Waals surface area (Å²) < 4.78 is 0. The van der Waals surface area contributed by atoms with Gasteiger partial charge in [-0.05, 0) is 44.9 Å². The Morgan fingerprint density at radius 2 is 1.23 bits per heavy atom. The van der Waals surface area contributed by atoms with E-state index in [1.807, 2.05) is 0 Å². The van der Waals surface area contributed by atoms with Gasteiger partial charge < -0.3 is 20.4 Å². The Hall–Kier alpha value is -3.21. The maximum atomic E-state index is 11.3. The van der Waals surface area contributed by atoms with Crippen LogP contribution >= 0.6 is 0 Å². The fourth-order valence-electron chi connectivity index (χ4n) is 3.06. The molecule has 0 saturated heterocycles. The molecule has 0 aliphatic heterocycles. The van der Waals surface area contributed by atoms with Crippen molar-refractivity contribution >= 4 is 25.0 Å². The van der Waals surface area contributed by atoms with E-state index in [1.165, 1.54) is 0 Å². The minimum atomic E-state index is -0.255. The fraction of sp³-hybridized carbons (Fsp3) is 0.190. The second-order valence-corrected chi connectivity index (χ2v) is 6.32. The molecule has 0 heterocycles. The summed E-state index contributed by atoms with van der Waals surface area (Å²) in [6, 6.07) is 0. The molecule has 0 bridgehead atoms.